The van der Waals surface area contributed by atoms with Gasteiger partial charge in [0, 0.05) is 22.8 Å². The second kappa shape index (κ2) is 10.0. The Hall–Kier alpha value is -2.70. The molecule has 0 atom stereocenters. The number of rotatable bonds is 8. The van der Waals surface area contributed by atoms with Crippen LogP contribution in [-0.4, -0.2) is 29.9 Å². The number of ether oxygens (including phenoxy) is 1. The molecule has 0 spiro atoms. The Morgan fingerprint density at radius 1 is 1.00 bits per heavy atom. The van der Waals surface area contributed by atoms with Crippen LogP contribution in [0, 0.1) is 0 Å². The Morgan fingerprint density at radius 2 is 1.75 bits per heavy atom. The molecule has 1 amide bonds. The number of carbonyl (C=O) groups excluding carboxylic acids is 2. The summed E-state index contributed by atoms with van der Waals surface area (Å²) in [5.74, 6) is -0.693. The number of thiophene rings is 2. The van der Waals surface area contributed by atoms with E-state index >= 15 is 0 Å². The second-order valence-electron chi connectivity index (χ2n) is 6.02. The summed E-state index contributed by atoms with van der Waals surface area (Å²) >= 11 is 3.01. The monoisotopic (exact) mass is 411 g/mol. The van der Waals surface area contributed by atoms with Crippen molar-refractivity contribution in [2.75, 3.05) is 13.2 Å². The maximum absolute atomic E-state index is 12.7. The van der Waals surface area contributed by atoms with Gasteiger partial charge in [-0.25, -0.2) is 4.79 Å². The van der Waals surface area contributed by atoms with Gasteiger partial charge in [-0.05, 0) is 41.5 Å². The van der Waals surface area contributed by atoms with E-state index in [1.54, 1.807) is 16.2 Å². The Labute approximate surface area is 172 Å². The molecule has 0 bridgehead atoms. The molecule has 0 aliphatic heterocycles. The fourth-order valence-electron chi connectivity index (χ4n) is 2.65. The van der Waals surface area contributed by atoms with Gasteiger partial charge in [0.1, 0.15) is 0 Å². The first-order valence-corrected chi connectivity index (χ1v) is 10.7. The first kappa shape index (κ1) is 20.0. The molecular weight excluding hydrogens is 390 g/mol. The number of carbonyl (C=O) groups is 2. The molecule has 144 valence electrons. The van der Waals surface area contributed by atoms with Gasteiger partial charge in [-0.2, -0.15) is 0 Å². The Morgan fingerprint density at radius 3 is 2.39 bits per heavy atom. The molecule has 0 N–H and O–H groups in total. The van der Waals surface area contributed by atoms with Crippen molar-refractivity contribution < 1.29 is 14.3 Å². The molecule has 3 aromatic rings. The van der Waals surface area contributed by atoms with Gasteiger partial charge in [-0.15, -0.1) is 22.7 Å². The molecule has 2 aromatic heterocycles. The molecule has 1 aromatic carbocycles. The third-order valence-electron chi connectivity index (χ3n) is 4.11. The summed E-state index contributed by atoms with van der Waals surface area (Å²) in [5.41, 5.74) is 1.51. The molecule has 0 unspecified atom stereocenters. The summed E-state index contributed by atoms with van der Waals surface area (Å²) in [6.07, 6.45) is 1.81. The highest BCUT2D eigenvalue weighted by atomic mass is 32.1. The zero-order chi connectivity index (χ0) is 19.8. The quantitative estimate of drug-likeness (QED) is 0.389. The van der Waals surface area contributed by atoms with E-state index in [-0.39, 0.29) is 12.5 Å². The molecule has 0 saturated carbocycles. The summed E-state index contributed by atoms with van der Waals surface area (Å²) in [5, 5.41) is 3.87. The number of hydrogen-bond donors (Lipinski definition) is 0. The highest BCUT2D eigenvalue weighted by Crippen LogP contribution is 2.25. The summed E-state index contributed by atoms with van der Waals surface area (Å²) in [7, 11) is 0. The van der Waals surface area contributed by atoms with Crippen molar-refractivity contribution in [1.82, 2.24) is 4.90 Å². The summed E-state index contributed by atoms with van der Waals surface area (Å²) < 4.78 is 5.37. The van der Waals surface area contributed by atoms with Crippen molar-refractivity contribution >= 4 is 46.2 Å². The predicted molar refractivity (Wildman–Crippen MR) is 115 cm³/mol. The lowest BCUT2D eigenvalue weighted by atomic mass is 10.2. The van der Waals surface area contributed by atoms with Gasteiger partial charge >= 0.3 is 5.97 Å². The van der Waals surface area contributed by atoms with Gasteiger partial charge < -0.3 is 9.64 Å². The minimum absolute atomic E-state index is 0.207. The number of benzene rings is 1. The molecule has 0 saturated heterocycles. The second-order valence-corrected chi connectivity index (χ2v) is 7.95. The van der Waals surface area contributed by atoms with Crippen molar-refractivity contribution in [3.8, 4) is 0 Å². The maximum Gasteiger partial charge on any atom is 0.340 e. The first-order valence-electron chi connectivity index (χ1n) is 8.95. The Bertz CT molecular complexity index is 916. The van der Waals surface area contributed by atoms with Crippen molar-refractivity contribution in [3.05, 3.63) is 80.7 Å². The maximum atomic E-state index is 12.7. The van der Waals surface area contributed by atoms with E-state index in [2.05, 4.69) is 0 Å². The lowest BCUT2D eigenvalue weighted by Crippen LogP contribution is -2.34. The number of amides is 1. The van der Waals surface area contributed by atoms with Crippen LogP contribution in [0.15, 0.2) is 65.4 Å². The van der Waals surface area contributed by atoms with Gasteiger partial charge in [0.25, 0.3) is 5.91 Å². The van der Waals surface area contributed by atoms with Crippen molar-refractivity contribution in [3.63, 3.8) is 0 Å². The SMILES string of the molecule is CCN(Cc1ccccc1)C(=O)COC(=O)/C(=C/c1cccs1)c1cccs1. The number of esters is 1. The van der Waals surface area contributed by atoms with Crippen LogP contribution in [0.4, 0.5) is 0 Å². The van der Waals surface area contributed by atoms with Crippen LogP contribution in [-0.2, 0) is 20.9 Å². The van der Waals surface area contributed by atoms with Gasteiger partial charge in [0.2, 0.25) is 0 Å². The summed E-state index contributed by atoms with van der Waals surface area (Å²) in [6.45, 7) is 2.69. The molecule has 0 radical (unpaired) electrons. The van der Waals surface area contributed by atoms with Crippen LogP contribution >= 0.6 is 22.7 Å². The van der Waals surface area contributed by atoms with Crippen molar-refractivity contribution in [2.45, 2.75) is 13.5 Å². The van der Waals surface area contributed by atoms with Gasteiger partial charge in [0.05, 0.1) is 5.57 Å². The average molecular weight is 412 g/mol. The number of likely N-dealkylation sites (N-methyl/N-ethyl adjacent to an activating group) is 1. The molecule has 0 aliphatic rings. The third-order valence-corrected chi connectivity index (χ3v) is 5.84. The predicted octanol–water partition coefficient (Wildman–Crippen LogP) is 4.94. The van der Waals surface area contributed by atoms with Gasteiger partial charge in [-0.1, -0.05) is 42.5 Å². The lowest BCUT2D eigenvalue weighted by Gasteiger charge is -2.21. The van der Waals surface area contributed by atoms with E-state index in [0.29, 0.717) is 18.7 Å². The molecule has 3 rings (SSSR count). The van der Waals surface area contributed by atoms with Crippen molar-refractivity contribution in [2.24, 2.45) is 0 Å². The van der Waals surface area contributed by atoms with Gasteiger partial charge in [-0.3, -0.25) is 4.79 Å². The molecule has 2 heterocycles. The van der Waals surface area contributed by atoms with Crippen LogP contribution in [0.3, 0.4) is 0 Å². The van der Waals surface area contributed by atoms with Crippen LogP contribution in [0.1, 0.15) is 22.2 Å². The van der Waals surface area contributed by atoms with E-state index in [1.165, 1.54) is 11.3 Å². The largest absolute Gasteiger partial charge is 0.452 e. The average Bonchev–Trinajstić information content (AvgIpc) is 3.43. The van der Waals surface area contributed by atoms with Crippen LogP contribution in [0.25, 0.3) is 11.6 Å². The molecule has 28 heavy (non-hydrogen) atoms. The molecular formula is C22H21NO3S2. The third kappa shape index (κ3) is 5.41. The van der Waals surface area contributed by atoms with Crippen LogP contribution in [0.5, 0.6) is 0 Å². The van der Waals surface area contributed by atoms with Gasteiger partial charge in [0.15, 0.2) is 6.61 Å². The number of hydrogen-bond acceptors (Lipinski definition) is 5. The van der Waals surface area contributed by atoms with E-state index < -0.39 is 5.97 Å². The molecule has 4 nitrogen and oxygen atoms in total. The molecule has 6 heteroatoms. The Kier molecular flexibility index (Phi) is 7.17. The summed E-state index contributed by atoms with van der Waals surface area (Å²) in [6, 6.07) is 17.4. The highest BCUT2D eigenvalue weighted by Gasteiger charge is 2.19. The summed E-state index contributed by atoms with van der Waals surface area (Å²) in [4.78, 5) is 28.7. The Balaban J connectivity index is 1.66. The van der Waals surface area contributed by atoms with E-state index in [4.69, 9.17) is 4.74 Å². The standard InChI is InChI=1S/C22H21NO3S2/c1-2-23(15-17-8-4-3-5-9-17)21(24)16-26-22(25)19(20-11-7-13-28-20)14-18-10-6-12-27-18/h3-14H,2,15-16H2,1H3/b19-14+. The minimum atomic E-state index is -0.486. The molecule has 0 fully saturated rings. The topological polar surface area (TPSA) is 46.6 Å². The first-order chi connectivity index (χ1) is 13.7. The smallest absolute Gasteiger partial charge is 0.340 e. The lowest BCUT2D eigenvalue weighted by molar-refractivity contribution is -0.147. The van der Waals surface area contributed by atoms with E-state index in [0.717, 1.165) is 15.3 Å². The van der Waals surface area contributed by atoms with E-state index in [9.17, 15) is 9.59 Å². The molecule has 0 aliphatic carbocycles. The zero-order valence-corrected chi connectivity index (χ0v) is 17.2. The normalized spacial score (nSPS) is 11.2. The fraction of sp³-hybridized carbons (Fsp3) is 0.182. The van der Waals surface area contributed by atoms with E-state index in [1.807, 2.05) is 78.4 Å². The highest BCUT2D eigenvalue weighted by molar-refractivity contribution is 7.12. The van der Waals surface area contributed by atoms with Crippen molar-refractivity contribution in [1.29, 1.82) is 0 Å². The number of nitrogens with zero attached hydrogens (tertiary/aromatic N) is 1. The fourth-order valence-corrected chi connectivity index (χ4v) is 4.04. The van der Waals surface area contributed by atoms with Crippen LogP contribution < -0.4 is 0 Å². The minimum Gasteiger partial charge on any atom is -0.452 e. The zero-order valence-electron chi connectivity index (χ0n) is 15.5. The van der Waals surface area contributed by atoms with Crippen LogP contribution in [0.2, 0.25) is 0 Å².